The van der Waals surface area contributed by atoms with Crippen molar-refractivity contribution in [2.24, 2.45) is 0 Å². The number of hydrogen-bond donors (Lipinski definition) is 2. The molecule has 2 atom stereocenters. The van der Waals surface area contributed by atoms with Gasteiger partial charge in [0.05, 0.1) is 5.88 Å². The van der Waals surface area contributed by atoms with Crippen LogP contribution in [0.3, 0.4) is 0 Å². The number of nitrogens with one attached hydrogen (secondary N) is 2. The summed E-state index contributed by atoms with van der Waals surface area (Å²) in [7, 11) is 0. The van der Waals surface area contributed by atoms with E-state index < -0.39 is 28.2 Å². The van der Waals surface area contributed by atoms with Crippen molar-refractivity contribution in [2.75, 3.05) is 5.88 Å². The van der Waals surface area contributed by atoms with Gasteiger partial charge in [0.1, 0.15) is 0 Å². The predicted octanol–water partition coefficient (Wildman–Crippen LogP) is -2.29. The van der Waals surface area contributed by atoms with Crippen molar-refractivity contribution >= 4 is 22.3 Å². The molecule has 0 aromatic carbocycles. The van der Waals surface area contributed by atoms with Gasteiger partial charge in [0.15, 0.2) is 0 Å². The average Bonchev–Trinajstić information content (AvgIpc) is 1.63. The molecule has 0 aliphatic carbocycles. The van der Waals surface area contributed by atoms with Crippen molar-refractivity contribution in [1.82, 2.24) is 10.3 Å². The van der Waals surface area contributed by atoms with Crippen molar-refractivity contribution < 1.29 is 17.5 Å². The van der Waals surface area contributed by atoms with Crippen LogP contribution in [0.5, 0.6) is 0 Å². The Morgan fingerprint density at radius 1 is 1.33 bits per heavy atom. The van der Waals surface area contributed by atoms with Crippen LogP contribution in [0.15, 0.2) is 0 Å². The number of hydrogen-bond acceptors (Lipinski definition) is 5. The highest BCUT2D eigenvalue weighted by molar-refractivity contribution is 7.79. The molecule has 0 fully saturated rings. The highest BCUT2D eigenvalue weighted by atomic mass is 32.2. The van der Waals surface area contributed by atoms with E-state index in [1.165, 1.54) is 0 Å². The van der Waals surface area contributed by atoms with E-state index in [0.717, 1.165) is 0 Å². The second kappa shape index (κ2) is 4.97. The topological polar surface area (TPSA) is 104 Å². The normalized spacial score (nSPS) is 17.1. The van der Waals surface area contributed by atoms with Gasteiger partial charge in [0.25, 0.3) is 0 Å². The molecule has 56 valence electrons. The molecule has 9 heavy (non-hydrogen) atoms. The highest BCUT2D eigenvalue weighted by Crippen LogP contribution is 1.63. The smallest absolute Gasteiger partial charge is 0.0734 e. The van der Waals surface area contributed by atoms with Crippen LogP contribution < -0.4 is 10.3 Å². The van der Waals surface area contributed by atoms with Gasteiger partial charge in [0.2, 0.25) is 0 Å². The summed E-state index contributed by atoms with van der Waals surface area (Å²) < 4.78 is 38.6. The Morgan fingerprint density at radius 2 is 1.89 bits per heavy atom. The van der Waals surface area contributed by atoms with Crippen LogP contribution in [-0.2, 0) is 22.3 Å². The SMILES string of the molecule is O=S([O-])CNNS(=O)[O-]. The van der Waals surface area contributed by atoms with E-state index in [1.807, 2.05) is 5.43 Å². The van der Waals surface area contributed by atoms with Crippen LogP contribution in [0.1, 0.15) is 0 Å². The molecule has 0 aliphatic rings. The number of rotatable bonds is 4. The summed E-state index contributed by atoms with van der Waals surface area (Å²) >= 11 is -4.75. The maximum atomic E-state index is 9.68. The Labute approximate surface area is 56.7 Å². The third-order valence-corrected chi connectivity index (χ3v) is 1.04. The monoisotopic (exact) mass is 172 g/mol. The lowest BCUT2D eigenvalue weighted by molar-refractivity contribution is 0.504. The molecule has 0 aromatic rings. The van der Waals surface area contributed by atoms with E-state index in [-0.39, 0.29) is 0 Å². The lowest BCUT2D eigenvalue weighted by Gasteiger charge is -2.09. The van der Waals surface area contributed by atoms with Gasteiger partial charge in [-0.1, -0.05) is 0 Å². The van der Waals surface area contributed by atoms with E-state index in [2.05, 4.69) is 0 Å². The average molecular weight is 172 g/mol. The van der Waals surface area contributed by atoms with Gasteiger partial charge in [0, 0.05) is 11.3 Å². The standard InChI is InChI=1S/CH6N2O4S2/c4-8(5)1-2-3-9(6)7/h2-3H,1H2,(H,4,5)(H,6,7)/p-2. The van der Waals surface area contributed by atoms with Crippen molar-refractivity contribution in [3.05, 3.63) is 0 Å². The van der Waals surface area contributed by atoms with Crippen molar-refractivity contribution in [3.8, 4) is 0 Å². The second-order valence-electron chi connectivity index (χ2n) is 0.962. The summed E-state index contributed by atoms with van der Waals surface area (Å²) in [5, 5.41) is 0. The van der Waals surface area contributed by atoms with Gasteiger partial charge in [-0.3, -0.25) is 8.42 Å². The quantitative estimate of drug-likeness (QED) is 0.367. The molecule has 0 bridgehead atoms. The van der Waals surface area contributed by atoms with Gasteiger partial charge < -0.3 is 9.11 Å². The predicted molar refractivity (Wildman–Crippen MR) is 29.0 cm³/mol. The fourth-order valence-electron chi connectivity index (χ4n) is 0.147. The zero-order valence-corrected chi connectivity index (χ0v) is 5.79. The van der Waals surface area contributed by atoms with Gasteiger partial charge in [-0.2, -0.15) is 4.83 Å². The molecule has 0 aromatic heterocycles. The van der Waals surface area contributed by atoms with E-state index in [0.29, 0.717) is 0 Å². The van der Waals surface area contributed by atoms with Crippen LogP contribution in [0, 0.1) is 0 Å². The number of hydrazine groups is 1. The first-order chi connectivity index (χ1) is 4.13. The van der Waals surface area contributed by atoms with Crippen LogP contribution in [0.4, 0.5) is 0 Å². The maximum Gasteiger partial charge on any atom is 0.0734 e. The summed E-state index contributed by atoms with van der Waals surface area (Å²) in [6.07, 6.45) is 0. The van der Waals surface area contributed by atoms with E-state index in [1.54, 1.807) is 4.83 Å². The Hall–Kier alpha value is 0.140. The largest absolute Gasteiger partial charge is 0.771 e. The minimum absolute atomic E-state index is 0.437. The van der Waals surface area contributed by atoms with Gasteiger partial charge >= 0.3 is 0 Å². The lowest BCUT2D eigenvalue weighted by atomic mass is 11.5. The van der Waals surface area contributed by atoms with E-state index >= 15 is 0 Å². The van der Waals surface area contributed by atoms with E-state index in [4.69, 9.17) is 0 Å². The Morgan fingerprint density at radius 3 is 2.22 bits per heavy atom. The molecule has 0 amide bonds. The minimum Gasteiger partial charge on any atom is -0.771 e. The first-order valence-electron chi connectivity index (χ1n) is 1.76. The Bertz CT molecular complexity index is 112. The maximum absolute atomic E-state index is 9.68. The Balaban J connectivity index is 3.10. The zero-order valence-electron chi connectivity index (χ0n) is 4.16. The van der Waals surface area contributed by atoms with Gasteiger partial charge in [-0.25, -0.2) is 5.43 Å². The molecule has 0 radical (unpaired) electrons. The van der Waals surface area contributed by atoms with Crippen LogP contribution >= 0.6 is 0 Å². The molecule has 6 nitrogen and oxygen atoms in total. The molecular formula is CH4N2O4S2-2. The molecular weight excluding hydrogens is 168 g/mol. The molecule has 0 rings (SSSR count). The van der Waals surface area contributed by atoms with Crippen molar-refractivity contribution in [3.63, 3.8) is 0 Å². The lowest BCUT2D eigenvalue weighted by Crippen LogP contribution is -2.35. The summed E-state index contributed by atoms with van der Waals surface area (Å²) in [5.74, 6) is -0.437. The van der Waals surface area contributed by atoms with Crippen LogP contribution in [0.25, 0.3) is 0 Å². The third-order valence-electron chi connectivity index (χ3n) is 0.346. The zero-order chi connectivity index (χ0) is 7.28. The second-order valence-corrected chi connectivity index (χ2v) is 2.53. The first kappa shape index (κ1) is 9.14. The molecule has 2 unspecified atom stereocenters. The van der Waals surface area contributed by atoms with E-state index in [9.17, 15) is 17.5 Å². The fourth-order valence-corrected chi connectivity index (χ4v) is 0.619. The molecule has 0 spiro atoms. The molecule has 0 saturated carbocycles. The molecule has 2 N–H and O–H groups in total. The van der Waals surface area contributed by atoms with Gasteiger partial charge in [-0.05, 0) is 11.1 Å². The van der Waals surface area contributed by atoms with Crippen molar-refractivity contribution in [2.45, 2.75) is 0 Å². The summed E-state index contributed by atoms with van der Waals surface area (Å²) in [6, 6.07) is 0. The molecule has 0 aliphatic heterocycles. The minimum atomic E-state index is -2.47. The van der Waals surface area contributed by atoms with Crippen LogP contribution in [-0.4, -0.2) is 23.4 Å². The Kier molecular flexibility index (Phi) is 5.04. The third kappa shape index (κ3) is 8.14. The summed E-state index contributed by atoms with van der Waals surface area (Å²) in [5.41, 5.74) is 1.91. The fraction of sp³-hybridized carbons (Fsp3) is 1.00. The molecule has 8 heteroatoms. The molecule has 0 saturated heterocycles. The highest BCUT2D eigenvalue weighted by Gasteiger charge is 1.80. The summed E-state index contributed by atoms with van der Waals surface area (Å²) in [4.78, 5) is 1.65. The summed E-state index contributed by atoms with van der Waals surface area (Å²) in [6.45, 7) is 0. The van der Waals surface area contributed by atoms with Crippen LogP contribution in [0.2, 0.25) is 0 Å². The van der Waals surface area contributed by atoms with Gasteiger partial charge in [-0.15, -0.1) is 0 Å². The molecule has 0 heterocycles. The van der Waals surface area contributed by atoms with Crippen molar-refractivity contribution in [1.29, 1.82) is 0 Å². The first-order valence-corrected chi connectivity index (χ1v) is 4.08.